The molecule has 1 rings (SSSR count). The molecule has 0 atom stereocenters. The van der Waals surface area contributed by atoms with E-state index in [-0.39, 0.29) is 17.6 Å². The first-order chi connectivity index (χ1) is 11.2. The summed E-state index contributed by atoms with van der Waals surface area (Å²) in [4.78, 5) is 11.4. The van der Waals surface area contributed by atoms with Gasteiger partial charge in [-0.3, -0.25) is 4.18 Å². The smallest absolute Gasteiger partial charge is 0.459 e. The van der Waals surface area contributed by atoms with Crippen LogP contribution in [0, 0.1) is 5.92 Å². The Morgan fingerprint density at radius 3 is 2.12 bits per heavy atom. The third kappa shape index (κ3) is 6.92. The molecular weight excluding hydrogens is 391 g/mol. The molecule has 0 spiro atoms. The highest BCUT2D eigenvalue weighted by molar-refractivity contribution is 8.10. The van der Waals surface area contributed by atoms with E-state index in [0.717, 1.165) is 0 Å². The molecule has 0 aromatic carbocycles. The highest BCUT2D eigenvalue weighted by atomic mass is 32.3. The maximum absolute atomic E-state index is 12.1. The molecule has 25 heavy (non-hydrogen) atoms. The van der Waals surface area contributed by atoms with Crippen LogP contribution in [0.15, 0.2) is 12.2 Å². The van der Waals surface area contributed by atoms with Gasteiger partial charge in [-0.25, -0.2) is 21.6 Å². The van der Waals surface area contributed by atoms with Crippen LogP contribution in [0.5, 0.6) is 0 Å². The van der Waals surface area contributed by atoms with Crippen molar-refractivity contribution < 1.29 is 43.7 Å². The van der Waals surface area contributed by atoms with E-state index in [1.165, 1.54) is 6.92 Å². The number of halogens is 3. The van der Waals surface area contributed by atoms with E-state index in [1.807, 2.05) is 0 Å². The lowest BCUT2D eigenvalue weighted by atomic mass is 9.88. The molecule has 1 aliphatic carbocycles. The lowest BCUT2D eigenvalue weighted by Gasteiger charge is -2.29. The highest BCUT2D eigenvalue weighted by Gasteiger charge is 2.40. The van der Waals surface area contributed by atoms with Crippen molar-refractivity contribution in [3.8, 4) is 0 Å². The summed E-state index contributed by atoms with van der Waals surface area (Å²) >= 11 is 0. The first kappa shape index (κ1) is 21.9. The number of hydrogen-bond donors (Lipinski definition) is 0. The first-order valence-corrected chi connectivity index (χ1v) is 9.85. The average Bonchev–Trinajstić information content (AvgIpc) is 2.44. The molecular formula is C12H17F3NO7S2-. The summed E-state index contributed by atoms with van der Waals surface area (Å²) in [6.07, 6.45) is 1.22. The zero-order valence-electron chi connectivity index (χ0n) is 13.2. The van der Waals surface area contributed by atoms with E-state index >= 15 is 0 Å². The van der Waals surface area contributed by atoms with E-state index in [0.29, 0.717) is 25.7 Å². The normalized spacial score (nSPS) is 22.4. The van der Waals surface area contributed by atoms with Gasteiger partial charge in [-0.05, 0) is 38.5 Å². The van der Waals surface area contributed by atoms with Crippen molar-refractivity contribution in [3.63, 3.8) is 0 Å². The van der Waals surface area contributed by atoms with Crippen LogP contribution in [-0.2, 0) is 34.0 Å². The second kappa shape index (κ2) is 8.01. The third-order valence-electron chi connectivity index (χ3n) is 3.35. The summed E-state index contributed by atoms with van der Waals surface area (Å²) in [5.41, 5.74) is -5.58. The Hall–Kier alpha value is -1.18. The zero-order valence-corrected chi connectivity index (χ0v) is 14.8. The molecule has 0 heterocycles. The van der Waals surface area contributed by atoms with Crippen LogP contribution in [0.1, 0.15) is 32.6 Å². The molecule has 0 amide bonds. The number of carbonyl (C=O) groups excluding carboxylic acids is 1. The van der Waals surface area contributed by atoms with Crippen LogP contribution in [0.4, 0.5) is 13.2 Å². The van der Waals surface area contributed by atoms with Crippen LogP contribution in [0.2, 0.25) is 0 Å². The highest BCUT2D eigenvalue weighted by Crippen LogP contribution is 2.32. The predicted octanol–water partition coefficient (Wildman–Crippen LogP) is 2.15. The fraction of sp³-hybridized carbons (Fsp3) is 0.750. The number of ether oxygens (including phenoxy) is 1. The van der Waals surface area contributed by atoms with Gasteiger partial charge in [-0.15, -0.1) is 0 Å². The number of alkyl halides is 3. The van der Waals surface area contributed by atoms with Gasteiger partial charge in [0.2, 0.25) is 10.3 Å². The molecule has 146 valence electrons. The van der Waals surface area contributed by atoms with Crippen molar-refractivity contribution >= 4 is 26.3 Å². The fourth-order valence-corrected chi connectivity index (χ4v) is 3.87. The molecule has 1 fully saturated rings. The summed E-state index contributed by atoms with van der Waals surface area (Å²) in [6, 6.07) is 0. The standard InChI is InChI=1S/C12H17F3NO7S2/c1-8(2)11(17)23-10-5-3-9(4-6-10)7-22-25(20,21)16-24(18,19)12(13,14)15/h9-10H,1,3-7H2,2H3/q-1. The van der Waals surface area contributed by atoms with Gasteiger partial charge in [0.05, 0.1) is 6.61 Å². The van der Waals surface area contributed by atoms with Crippen molar-refractivity contribution in [2.45, 2.75) is 44.2 Å². The monoisotopic (exact) mass is 408 g/mol. The summed E-state index contributed by atoms with van der Waals surface area (Å²) < 4.78 is 91.5. The van der Waals surface area contributed by atoms with Crippen LogP contribution < -0.4 is 0 Å². The van der Waals surface area contributed by atoms with Gasteiger partial charge in [0.15, 0.2) is 10.0 Å². The number of carbonyl (C=O) groups is 1. The van der Waals surface area contributed by atoms with Gasteiger partial charge in [0, 0.05) is 5.57 Å². The summed E-state index contributed by atoms with van der Waals surface area (Å²) in [7, 11) is -11.4. The predicted molar refractivity (Wildman–Crippen MR) is 79.9 cm³/mol. The largest absolute Gasteiger partial charge is 0.480 e. The van der Waals surface area contributed by atoms with Gasteiger partial charge in [-0.1, -0.05) is 6.58 Å². The zero-order chi connectivity index (χ0) is 19.5. The summed E-state index contributed by atoms with van der Waals surface area (Å²) in [6.45, 7) is 4.42. The van der Waals surface area contributed by atoms with E-state index < -0.39 is 38.4 Å². The van der Waals surface area contributed by atoms with Crippen LogP contribution in [-0.4, -0.2) is 41.0 Å². The van der Waals surface area contributed by atoms with Crippen molar-refractivity contribution in [3.05, 3.63) is 16.3 Å². The van der Waals surface area contributed by atoms with E-state index in [4.69, 9.17) is 4.74 Å². The van der Waals surface area contributed by atoms with Crippen LogP contribution in [0.25, 0.3) is 4.13 Å². The maximum Gasteiger partial charge on any atom is 0.480 e. The SMILES string of the molecule is C=C(C)C(=O)OC1CCC(COS(=O)(=O)[N-]S(=O)(=O)C(F)(F)F)CC1. The van der Waals surface area contributed by atoms with Gasteiger partial charge in [-0.2, -0.15) is 13.2 Å². The Balaban J connectivity index is 2.47. The maximum atomic E-state index is 12.1. The molecule has 0 saturated heterocycles. The Bertz CT molecular complexity index is 707. The van der Waals surface area contributed by atoms with Crippen molar-refractivity contribution in [2.24, 2.45) is 5.92 Å². The number of rotatable bonds is 7. The van der Waals surface area contributed by atoms with Gasteiger partial charge in [0.25, 0.3) is 0 Å². The average molecular weight is 408 g/mol. The second-order valence-electron chi connectivity index (χ2n) is 5.54. The number of hydrogen-bond acceptors (Lipinski definition) is 7. The molecule has 13 heteroatoms. The molecule has 0 bridgehead atoms. The minimum atomic E-state index is -6.19. The lowest BCUT2D eigenvalue weighted by molar-refractivity contribution is -0.146. The molecule has 0 N–H and O–H groups in total. The molecule has 0 radical (unpaired) electrons. The molecule has 1 saturated carbocycles. The van der Waals surface area contributed by atoms with Crippen LogP contribution >= 0.6 is 0 Å². The number of nitrogens with zero attached hydrogens (tertiary/aromatic N) is 1. The van der Waals surface area contributed by atoms with Gasteiger partial charge < -0.3 is 8.86 Å². The van der Waals surface area contributed by atoms with Gasteiger partial charge >= 0.3 is 11.5 Å². The van der Waals surface area contributed by atoms with Crippen molar-refractivity contribution in [1.82, 2.24) is 0 Å². The molecule has 8 nitrogen and oxygen atoms in total. The summed E-state index contributed by atoms with van der Waals surface area (Å²) in [5, 5.41) is 0. The minimum absolute atomic E-state index is 0.240. The Labute approximate surface area is 143 Å². The molecule has 0 unspecified atom stereocenters. The third-order valence-corrected chi connectivity index (χ3v) is 5.88. The Morgan fingerprint density at radius 1 is 1.16 bits per heavy atom. The van der Waals surface area contributed by atoms with Crippen molar-refractivity contribution in [1.29, 1.82) is 0 Å². The van der Waals surface area contributed by atoms with Gasteiger partial charge in [0.1, 0.15) is 6.10 Å². The topological polar surface area (TPSA) is 118 Å². The Kier molecular flexibility index (Phi) is 7.01. The summed E-state index contributed by atoms with van der Waals surface area (Å²) in [5.74, 6) is -0.892. The number of esters is 1. The molecule has 1 aliphatic rings. The number of sulfonamides is 1. The second-order valence-corrected chi connectivity index (χ2v) is 8.64. The first-order valence-electron chi connectivity index (χ1n) is 7.05. The minimum Gasteiger partial charge on any atom is -0.459 e. The van der Waals surface area contributed by atoms with E-state index in [9.17, 15) is 34.8 Å². The van der Waals surface area contributed by atoms with Crippen molar-refractivity contribution in [2.75, 3.05) is 6.61 Å². The molecule has 0 aliphatic heterocycles. The molecule has 0 aromatic rings. The van der Waals surface area contributed by atoms with E-state index in [2.05, 4.69) is 10.8 Å². The van der Waals surface area contributed by atoms with E-state index in [1.54, 1.807) is 4.13 Å². The van der Waals surface area contributed by atoms with Crippen LogP contribution in [0.3, 0.4) is 0 Å². The fourth-order valence-electron chi connectivity index (χ4n) is 2.03. The molecule has 0 aromatic heterocycles. The Morgan fingerprint density at radius 2 is 1.68 bits per heavy atom. The lowest BCUT2D eigenvalue weighted by Crippen LogP contribution is -2.28. The quantitative estimate of drug-likeness (QED) is 0.468.